The Morgan fingerprint density at radius 1 is 1.42 bits per heavy atom. The van der Waals surface area contributed by atoms with Gasteiger partial charge in [0.15, 0.2) is 0 Å². The summed E-state index contributed by atoms with van der Waals surface area (Å²) in [6.07, 6.45) is 2.69. The summed E-state index contributed by atoms with van der Waals surface area (Å²) in [5.41, 5.74) is 1.07. The van der Waals surface area contributed by atoms with Crippen LogP contribution in [0.25, 0.3) is 0 Å². The van der Waals surface area contributed by atoms with Crippen LogP contribution in [0.3, 0.4) is 0 Å². The summed E-state index contributed by atoms with van der Waals surface area (Å²) in [6.45, 7) is 3.44. The Morgan fingerprint density at radius 3 is 3.00 bits per heavy atom. The first-order valence-electron chi connectivity index (χ1n) is 6.38. The number of aromatic nitrogens is 1. The maximum absolute atomic E-state index is 10.7. The lowest BCUT2D eigenvalue weighted by molar-refractivity contribution is -0.138. The Kier molecular flexibility index (Phi) is 4.57. The van der Waals surface area contributed by atoms with Crippen LogP contribution in [0, 0.1) is 0 Å². The third-order valence-electron chi connectivity index (χ3n) is 3.24. The van der Waals surface area contributed by atoms with Crippen molar-refractivity contribution in [2.75, 3.05) is 44.7 Å². The maximum Gasteiger partial charge on any atom is 0.317 e. The van der Waals surface area contributed by atoms with Gasteiger partial charge in [-0.15, -0.1) is 0 Å². The van der Waals surface area contributed by atoms with Gasteiger partial charge in [0.2, 0.25) is 5.88 Å². The number of nitrogens with zero attached hydrogens (tertiary/aromatic N) is 3. The molecule has 1 aromatic rings. The lowest BCUT2D eigenvalue weighted by atomic mass is 10.3. The van der Waals surface area contributed by atoms with Gasteiger partial charge in [-0.1, -0.05) is 0 Å². The van der Waals surface area contributed by atoms with Crippen LogP contribution in [-0.4, -0.2) is 60.8 Å². The molecule has 0 spiro atoms. The van der Waals surface area contributed by atoms with Crippen molar-refractivity contribution in [1.82, 2.24) is 9.88 Å². The quantitative estimate of drug-likeness (QED) is 0.864. The van der Waals surface area contributed by atoms with Crippen LogP contribution in [0.4, 0.5) is 5.69 Å². The van der Waals surface area contributed by atoms with Crippen molar-refractivity contribution in [1.29, 1.82) is 0 Å². The van der Waals surface area contributed by atoms with Gasteiger partial charge in [0.05, 0.1) is 13.7 Å². The molecule has 0 atom stereocenters. The highest BCUT2D eigenvalue weighted by molar-refractivity contribution is 5.69. The van der Waals surface area contributed by atoms with Gasteiger partial charge in [-0.05, 0) is 12.5 Å². The largest absolute Gasteiger partial charge is 0.481 e. The number of ether oxygens (including phenoxy) is 1. The molecule has 104 valence electrons. The number of anilines is 1. The normalized spacial score (nSPS) is 17.0. The average Bonchev–Trinajstić information content (AvgIpc) is 2.64. The molecule has 0 bridgehead atoms. The van der Waals surface area contributed by atoms with Gasteiger partial charge >= 0.3 is 5.97 Å². The monoisotopic (exact) mass is 265 g/mol. The van der Waals surface area contributed by atoms with E-state index >= 15 is 0 Å². The van der Waals surface area contributed by atoms with Crippen molar-refractivity contribution < 1.29 is 14.6 Å². The number of rotatable bonds is 4. The van der Waals surface area contributed by atoms with E-state index in [-0.39, 0.29) is 6.54 Å². The van der Waals surface area contributed by atoms with E-state index in [4.69, 9.17) is 9.84 Å². The van der Waals surface area contributed by atoms with E-state index in [9.17, 15) is 4.79 Å². The van der Waals surface area contributed by atoms with Crippen molar-refractivity contribution >= 4 is 11.7 Å². The molecule has 0 unspecified atom stereocenters. The summed E-state index contributed by atoms with van der Waals surface area (Å²) < 4.78 is 5.12. The van der Waals surface area contributed by atoms with E-state index < -0.39 is 5.97 Å². The number of methoxy groups -OCH3 is 1. The fourth-order valence-corrected chi connectivity index (χ4v) is 2.29. The third-order valence-corrected chi connectivity index (χ3v) is 3.24. The smallest absolute Gasteiger partial charge is 0.317 e. The van der Waals surface area contributed by atoms with Crippen molar-refractivity contribution in [2.24, 2.45) is 0 Å². The molecule has 19 heavy (non-hydrogen) atoms. The molecule has 1 aromatic heterocycles. The Hall–Kier alpha value is -1.82. The van der Waals surface area contributed by atoms with E-state index in [1.807, 2.05) is 17.0 Å². The van der Waals surface area contributed by atoms with Gasteiger partial charge in [0.1, 0.15) is 0 Å². The number of hydrogen-bond acceptors (Lipinski definition) is 5. The van der Waals surface area contributed by atoms with Crippen LogP contribution in [0.1, 0.15) is 6.42 Å². The Bertz CT molecular complexity index is 439. The first-order valence-corrected chi connectivity index (χ1v) is 6.38. The minimum absolute atomic E-state index is 0.119. The highest BCUT2D eigenvalue weighted by atomic mass is 16.5. The molecule has 0 aliphatic carbocycles. The molecule has 1 saturated heterocycles. The standard InChI is InChI=1S/C13H19N3O3/c1-19-12-9-11(3-4-14-12)16-6-2-5-15(7-8-16)10-13(17)18/h3-4,9H,2,5-8,10H2,1H3,(H,17,18). The summed E-state index contributed by atoms with van der Waals surface area (Å²) in [6, 6.07) is 3.86. The van der Waals surface area contributed by atoms with Gasteiger partial charge < -0.3 is 14.7 Å². The Balaban J connectivity index is 2.00. The van der Waals surface area contributed by atoms with E-state index in [0.29, 0.717) is 5.88 Å². The number of aliphatic carboxylic acids is 1. The molecule has 0 amide bonds. The van der Waals surface area contributed by atoms with Gasteiger partial charge in [0, 0.05) is 44.1 Å². The second kappa shape index (κ2) is 6.38. The molecule has 6 nitrogen and oxygen atoms in total. The minimum atomic E-state index is -0.765. The van der Waals surface area contributed by atoms with Crippen molar-refractivity contribution in [3.8, 4) is 5.88 Å². The van der Waals surface area contributed by atoms with Crippen LogP contribution < -0.4 is 9.64 Å². The SMILES string of the molecule is COc1cc(N2CCCN(CC(=O)O)CC2)ccn1. The van der Waals surface area contributed by atoms with Crippen LogP contribution in [-0.2, 0) is 4.79 Å². The maximum atomic E-state index is 10.7. The van der Waals surface area contributed by atoms with Gasteiger partial charge in [0.25, 0.3) is 0 Å². The van der Waals surface area contributed by atoms with Crippen molar-refractivity contribution in [3.05, 3.63) is 18.3 Å². The molecule has 1 fully saturated rings. The fourth-order valence-electron chi connectivity index (χ4n) is 2.29. The lowest BCUT2D eigenvalue weighted by Gasteiger charge is -2.23. The highest BCUT2D eigenvalue weighted by Gasteiger charge is 2.17. The highest BCUT2D eigenvalue weighted by Crippen LogP contribution is 2.19. The topological polar surface area (TPSA) is 65.9 Å². The zero-order valence-corrected chi connectivity index (χ0v) is 11.1. The molecule has 2 heterocycles. The number of carboxylic acid groups (broad SMARTS) is 1. The second-order valence-corrected chi connectivity index (χ2v) is 4.57. The zero-order valence-electron chi connectivity index (χ0n) is 11.1. The minimum Gasteiger partial charge on any atom is -0.481 e. The summed E-state index contributed by atoms with van der Waals surface area (Å²) >= 11 is 0. The molecular formula is C13H19N3O3. The molecule has 1 N–H and O–H groups in total. The first-order chi connectivity index (χ1) is 9.19. The summed E-state index contributed by atoms with van der Waals surface area (Å²) in [5.74, 6) is -0.164. The first kappa shape index (κ1) is 13.6. The van der Waals surface area contributed by atoms with Crippen molar-refractivity contribution in [2.45, 2.75) is 6.42 Å². The van der Waals surface area contributed by atoms with E-state index in [1.165, 1.54) is 0 Å². The molecule has 2 rings (SSSR count). The van der Waals surface area contributed by atoms with Crippen LogP contribution in [0.5, 0.6) is 5.88 Å². The molecule has 0 saturated carbocycles. The fraction of sp³-hybridized carbons (Fsp3) is 0.538. The predicted octanol–water partition coefficient (Wildman–Crippen LogP) is 0.687. The van der Waals surface area contributed by atoms with Crippen LogP contribution >= 0.6 is 0 Å². The van der Waals surface area contributed by atoms with Gasteiger partial charge in [-0.25, -0.2) is 4.98 Å². The van der Waals surface area contributed by atoms with Gasteiger partial charge in [-0.2, -0.15) is 0 Å². The molecule has 0 radical (unpaired) electrons. The predicted molar refractivity (Wildman–Crippen MR) is 71.7 cm³/mol. The third kappa shape index (κ3) is 3.82. The van der Waals surface area contributed by atoms with E-state index in [1.54, 1.807) is 13.3 Å². The van der Waals surface area contributed by atoms with Crippen LogP contribution in [0.2, 0.25) is 0 Å². The Morgan fingerprint density at radius 2 is 2.26 bits per heavy atom. The average molecular weight is 265 g/mol. The number of carboxylic acids is 1. The summed E-state index contributed by atoms with van der Waals surface area (Å²) in [4.78, 5) is 19.0. The molecular weight excluding hydrogens is 246 g/mol. The lowest BCUT2D eigenvalue weighted by Crippen LogP contribution is -2.34. The summed E-state index contributed by atoms with van der Waals surface area (Å²) in [5, 5.41) is 8.83. The van der Waals surface area contributed by atoms with E-state index in [0.717, 1.165) is 38.3 Å². The molecule has 1 aliphatic heterocycles. The summed E-state index contributed by atoms with van der Waals surface area (Å²) in [7, 11) is 1.60. The molecule has 1 aliphatic rings. The second-order valence-electron chi connectivity index (χ2n) is 4.57. The number of pyridine rings is 1. The molecule has 6 heteroatoms. The van der Waals surface area contributed by atoms with E-state index in [2.05, 4.69) is 9.88 Å². The number of hydrogen-bond donors (Lipinski definition) is 1. The number of carbonyl (C=O) groups is 1. The Labute approximate surface area is 112 Å². The zero-order chi connectivity index (χ0) is 13.7. The van der Waals surface area contributed by atoms with Crippen LogP contribution in [0.15, 0.2) is 18.3 Å². The van der Waals surface area contributed by atoms with Crippen molar-refractivity contribution in [3.63, 3.8) is 0 Å². The molecule has 0 aromatic carbocycles. The van der Waals surface area contributed by atoms with Gasteiger partial charge in [-0.3, -0.25) is 9.69 Å².